The Morgan fingerprint density at radius 3 is 2.80 bits per heavy atom. The van der Waals surface area contributed by atoms with E-state index >= 15 is 0 Å². The number of rotatable bonds is 2. The first-order valence-electron chi connectivity index (χ1n) is 4.38. The number of nitrogens with zero attached hydrogens (tertiary/aromatic N) is 1. The van der Waals surface area contributed by atoms with Crippen molar-refractivity contribution in [1.82, 2.24) is 9.97 Å². The minimum atomic E-state index is -0.573. The number of H-pyrrole nitrogens is 1. The van der Waals surface area contributed by atoms with E-state index in [0.717, 1.165) is 0 Å². The van der Waals surface area contributed by atoms with Gasteiger partial charge in [-0.05, 0) is 12.1 Å². The number of carbonyl (C=O) groups excluding carboxylic acids is 1. The predicted molar refractivity (Wildman–Crippen MR) is 54.7 cm³/mol. The number of ether oxygens (including phenoxy) is 1. The van der Waals surface area contributed by atoms with Crippen LogP contribution in [0.25, 0.3) is 0 Å². The summed E-state index contributed by atoms with van der Waals surface area (Å²) in [6.07, 6.45) is 2.58. The number of para-hydroxylation sites is 1. The molecule has 76 valence electrons. The smallest absolute Gasteiger partial charge is 0.410 e. The molecule has 0 saturated heterocycles. The van der Waals surface area contributed by atoms with Gasteiger partial charge in [0.25, 0.3) is 0 Å². The van der Waals surface area contributed by atoms with Crippen LogP contribution in [0, 0.1) is 0 Å². The van der Waals surface area contributed by atoms with Crippen molar-refractivity contribution in [2.45, 2.75) is 0 Å². The third-order valence-electron chi connectivity index (χ3n) is 1.67. The van der Waals surface area contributed by atoms with Gasteiger partial charge in [-0.15, -0.1) is 0 Å². The van der Waals surface area contributed by atoms with E-state index in [2.05, 4.69) is 15.3 Å². The lowest BCUT2D eigenvalue weighted by atomic mass is 10.3. The van der Waals surface area contributed by atoms with Crippen LogP contribution in [-0.4, -0.2) is 16.1 Å². The molecule has 0 aliphatic heterocycles. The van der Waals surface area contributed by atoms with Gasteiger partial charge in [-0.1, -0.05) is 18.2 Å². The minimum absolute atomic E-state index is 0.357. The summed E-state index contributed by atoms with van der Waals surface area (Å²) in [5.41, 5.74) is 0. The Morgan fingerprint density at radius 1 is 1.33 bits per heavy atom. The van der Waals surface area contributed by atoms with Gasteiger partial charge in [0, 0.05) is 12.4 Å². The molecule has 0 unspecified atom stereocenters. The van der Waals surface area contributed by atoms with Crippen LogP contribution in [0.5, 0.6) is 5.75 Å². The second-order valence-electron chi connectivity index (χ2n) is 2.77. The van der Waals surface area contributed by atoms with Crippen molar-refractivity contribution < 1.29 is 9.53 Å². The lowest BCUT2D eigenvalue weighted by Crippen LogP contribution is -2.17. The zero-order valence-electron chi connectivity index (χ0n) is 7.81. The number of amides is 1. The average molecular weight is 203 g/mol. The summed E-state index contributed by atoms with van der Waals surface area (Å²) in [5, 5.41) is 2.44. The highest BCUT2D eigenvalue weighted by Gasteiger charge is 2.04. The van der Waals surface area contributed by atoms with E-state index in [4.69, 9.17) is 4.74 Å². The molecule has 5 nitrogen and oxygen atoms in total. The quantitative estimate of drug-likeness (QED) is 0.784. The largest absolute Gasteiger partial charge is 0.419 e. The molecule has 0 aliphatic rings. The van der Waals surface area contributed by atoms with E-state index in [-0.39, 0.29) is 0 Å². The Balaban J connectivity index is 1.94. The second-order valence-corrected chi connectivity index (χ2v) is 2.77. The number of carbonyl (C=O) groups is 1. The number of aromatic amines is 1. The molecule has 0 fully saturated rings. The zero-order valence-corrected chi connectivity index (χ0v) is 7.81. The van der Waals surface area contributed by atoms with E-state index in [1.54, 1.807) is 30.5 Å². The van der Waals surface area contributed by atoms with Crippen molar-refractivity contribution in [3.8, 4) is 5.75 Å². The van der Waals surface area contributed by atoms with Crippen LogP contribution in [-0.2, 0) is 0 Å². The molecule has 1 amide bonds. The topological polar surface area (TPSA) is 67.0 Å². The van der Waals surface area contributed by atoms with Crippen molar-refractivity contribution in [1.29, 1.82) is 0 Å². The maximum atomic E-state index is 11.3. The zero-order chi connectivity index (χ0) is 10.5. The minimum Gasteiger partial charge on any atom is -0.410 e. The number of imidazole rings is 1. The summed E-state index contributed by atoms with van der Waals surface area (Å²) >= 11 is 0. The Hall–Kier alpha value is -2.30. The number of hydrogen-bond acceptors (Lipinski definition) is 3. The first-order valence-corrected chi connectivity index (χ1v) is 4.38. The third kappa shape index (κ3) is 2.57. The van der Waals surface area contributed by atoms with Crippen molar-refractivity contribution in [3.05, 3.63) is 42.7 Å². The van der Waals surface area contributed by atoms with E-state index in [1.165, 1.54) is 6.20 Å². The molecule has 1 heterocycles. The molecule has 5 heteroatoms. The van der Waals surface area contributed by atoms with E-state index < -0.39 is 6.09 Å². The highest BCUT2D eigenvalue weighted by molar-refractivity contribution is 5.84. The molecule has 2 rings (SSSR count). The van der Waals surface area contributed by atoms with Crippen LogP contribution < -0.4 is 10.1 Å². The van der Waals surface area contributed by atoms with E-state index in [1.807, 2.05) is 6.07 Å². The van der Waals surface area contributed by atoms with E-state index in [9.17, 15) is 4.79 Å². The van der Waals surface area contributed by atoms with Gasteiger partial charge in [0.2, 0.25) is 5.95 Å². The highest BCUT2D eigenvalue weighted by Crippen LogP contribution is 2.09. The summed E-state index contributed by atoms with van der Waals surface area (Å²) in [6.45, 7) is 0. The standard InChI is InChI=1S/C10H9N3O2/c14-10(13-9-11-6-7-12-9)15-8-4-2-1-3-5-8/h1-7H,(H2,11,12,13,14). The summed E-state index contributed by atoms with van der Waals surface area (Å²) in [4.78, 5) is 17.8. The highest BCUT2D eigenvalue weighted by atomic mass is 16.6. The molecular weight excluding hydrogens is 194 g/mol. The molecule has 0 saturated carbocycles. The fraction of sp³-hybridized carbons (Fsp3) is 0. The fourth-order valence-corrected chi connectivity index (χ4v) is 1.05. The third-order valence-corrected chi connectivity index (χ3v) is 1.67. The molecule has 0 aliphatic carbocycles. The van der Waals surface area contributed by atoms with Crippen LogP contribution in [0.1, 0.15) is 0 Å². The normalized spacial score (nSPS) is 9.60. The number of aromatic nitrogens is 2. The molecule has 15 heavy (non-hydrogen) atoms. The van der Waals surface area contributed by atoms with Crippen molar-refractivity contribution in [2.24, 2.45) is 0 Å². The fourth-order valence-electron chi connectivity index (χ4n) is 1.05. The molecule has 1 aromatic heterocycles. The molecule has 0 spiro atoms. The number of anilines is 1. The molecule has 2 N–H and O–H groups in total. The first kappa shape index (κ1) is 9.26. The summed E-state index contributed by atoms with van der Waals surface area (Å²) in [5.74, 6) is 0.845. The number of nitrogens with one attached hydrogen (secondary N) is 2. The van der Waals surface area contributed by atoms with E-state index in [0.29, 0.717) is 11.7 Å². The van der Waals surface area contributed by atoms with Gasteiger partial charge >= 0.3 is 6.09 Å². The van der Waals surface area contributed by atoms with Gasteiger partial charge in [0.05, 0.1) is 0 Å². The molecule has 1 aromatic carbocycles. The number of benzene rings is 1. The van der Waals surface area contributed by atoms with Gasteiger partial charge in [-0.3, -0.25) is 5.32 Å². The molecule has 0 bridgehead atoms. The van der Waals surface area contributed by atoms with Crippen molar-refractivity contribution >= 4 is 12.0 Å². The first-order chi connectivity index (χ1) is 7.34. The lowest BCUT2D eigenvalue weighted by Gasteiger charge is -2.03. The second kappa shape index (κ2) is 4.28. The van der Waals surface area contributed by atoms with Gasteiger partial charge in [-0.25, -0.2) is 9.78 Å². The predicted octanol–water partition coefficient (Wildman–Crippen LogP) is 2.02. The van der Waals surface area contributed by atoms with Gasteiger partial charge in [0.15, 0.2) is 0 Å². The van der Waals surface area contributed by atoms with Crippen LogP contribution in [0.2, 0.25) is 0 Å². The maximum Gasteiger partial charge on any atom is 0.419 e. The van der Waals surface area contributed by atoms with Crippen LogP contribution in [0.4, 0.5) is 10.7 Å². The Morgan fingerprint density at radius 2 is 2.13 bits per heavy atom. The van der Waals surface area contributed by atoms with Crippen LogP contribution >= 0.6 is 0 Å². The summed E-state index contributed by atoms with van der Waals surface area (Å²) in [7, 11) is 0. The van der Waals surface area contributed by atoms with Crippen molar-refractivity contribution in [3.63, 3.8) is 0 Å². The van der Waals surface area contributed by atoms with Crippen LogP contribution in [0.3, 0.4) is 0 Å². The van der Waals surface area contributed by atoms with Gasteiger partial charge in [-0.2, -0.15) is 0 Å². The monoisotopic (exact) mass is 203 g/mol. The molecular formula is C10H9N3O2. The number of hydrogen-bond donors (Lipinski definition) is 2. The Labute approximate surface area is 86.1 Å². The Kier molecular flexibility index (Phi) is 2.64. The molecule has 0 radical (unpaired) electrons. The van der Waals surface area contributed by atoms with Gasteiger partial charge in [0.1, 0.15) is 5.75 Å². The lowest BCUT2D eigenvalue weighted by molar-refractivity contribution is 0.215. The maximum absolute atomic E-state index is 11.3. The Bertz CT molecular complexity index is 425. The van der Waals surface area contributed by atoms with Crippen molar-refractivity contribution in [2.75, 3.05) is 5.32 Å². The summed E-state index contributed by atoms with van der Waals surface area (Å²) < 4.78 is 4.98. The SMILES string of the molecule is O=C(Nc1ncc[nH]1)Oc1ccccc1. The molecule has 0 atom stereocenters. The average Bonchev–Trinajstić information content (AvgIpc) is 2.71. The molecule has 2 aromatic rings. The van der Waals surface area contributed by atoms with Crippen LogP contribution in [0.15, 0.2) is 42.7 Å². The summed E-state index contributed by atoms with van der Waals surface area (Å²) in [6, 6.07) is 8.81. The van der Waals surface area contributed by atoms with Gasteiger partial charge < -0.3 is 9.72 Å².